The zero-order valence-corrected chi connectivity index (χ0v) is 8.88. The first-order valence-corrected chi connectivity index (χ1v) is 5.39. The van der Waals surface area contributed by atoms with Crippen LogP contribution in [0.2, 0.25) is 0 Å². The van der Waals surface area contributed by atoms with Gasteiger partial charge in [0, 0.05) is 7.05 Å². The zero-order chi connectivity index (χ0) is 10.3. The van der Waals surface area contributed by atoms with E-state index < -0.39 is 0 Å². The first-order valence-electron chi connectivity index (χ1n) is 4.58. The van der Waals surface area contributed by atoms with E-state index in [9.17, 15) is 0 Å². The molecular formula is C10H8N4S. The highest BCUT2D eigenvalue weighted by Crippen LogP contribution is 2.24. The van der Waals surface area contributed by atoms with Gasteiger partial charge in [0.15, 0.2) is 15.6 Å². The number of rotatable bonds is 1. The molecule has 0 saturated heterocycles. The van der Waals surface area contributed by atoms with Crippen molar-refractivity contribution < 1.29 is 0 Å². The number of aromatic nitrogens is 3. The molecule has 0 fully saturated rings. The molecule has 1 aromatic carbocycles. The molecule has 1 N–H and O–H groups in total. The summed E-state index contributed by atoms with van der Waals surface area (Å²) < 4.78 is 0. The number of thiazole rings is 1. The fraction of sp³-hybridized carbons (Fsp3) is 0.100. The summed E-state index contributed by atoms with van der Waals surface area (Å²) in [6.07, 6.45) is 0. The number of hydrogen-bond acceptors (Lipinski definition) is 5. The molecule has 2 aromatic heterocycles. The minimum Gasteiger partial charge on any atom is -0.364 e. The maximum atomic E-state index is 4.50. The lowest BCUT2D eigenvalue weighted by atomic mass is 10.3. The maximum absolute atomic E-state index is 4.50. The Morgan fingerprint density at radius 1 is 1.07 bits per heavy atom. The predicted molar refractivity (Wildman–Crippen MR) is 62.3 cm³/mol. The molecule has 2 heterocycles. The first kappa shape index (κ1) is 8.55. The Hall–Kier alpha value is -1.75. The van der Waals surface area contributed by atoms with Crippen molar-refractivity contribution in [1.82, 2.24) is 15.0 Å². The summed E-state index contributed by atoms with van der Waals surface area (Å²) in [5.74, 6) is 0. The molecule has 5 heteroatoms. The smallest absolute Gasteiger partial charge is 0.192 e. The molecule has 15 heavy (non-hydrogen) atoms. The van der Waals surface area contributed by atoms with Gasteiger partial charge in [0.05, 0.1) is 11.0 Å². The highest BCUT2D eigenvalue weighted by atomic mass is 32.1. The average Bonchev–Trinajstić information content (AvgIpc) is 2.67. The molecule has 3 rings (SSSR count). The third kappa shape index (κ3) is 1.32. The second-order valence-electron chi connectivity index (χ2n) is 3.11. The van der Waals surface area contributed by atoms with Crippen LogP contribution in [0.3, 0.4) is 0 Å². The third-order valence-electron chi connectivity index (χ3n) is 2.14. The van der Waals surface area contributed by atoms with Gasteiger partial charge in [-0.2, -0.15) is 4.98 Å². The molecule has 0 aliphatic heterocycles. The van der Waals surface area contributed by atoms with E-state index in [0.29, 0.717) is 5.65 Å². The van der Waals surface area contributed by atoms with Crippen molar-refractivity contribution in [3.8, 4) is 0 Å². The fourth-order valence-electron chi connectivity index (χ4n) is 1.43. The van der Waals surface area contributed by atoms with Crippen LogP contribution in [-0.2, 0) is 0 Å². The van der Waals surface area contributed by atoms with Crippen LogP contribution in [0.25, 0.3) is 21.5 Å². The van der Waals surface area contributed by atoms with Gasteiger partial charge in [0.2, 0.25) is 0 Å². The number of nitrogens with one attached hydrogen (secondary N) is 1. The molecular weight excluding hydrogens is 208 g/mol. The number of fused-ring (bicyclic) bond motifs is 2. The molecule has 0 aliphatic carbocycles. The molecule has 0 atom stereocenters. The Balaban J connectivity index is 2.39. The van der Waals surface area contributed by atoms with Crippen molar-refractivity contribution >= 4 is 38.0 Å². The Labute approximate surface area is 90.0 Å². The topological polar surface area (TPSA) is 50.7 Å². The number of nitrogens with zero attached hydrogens (tertiary/aromatic N) is 3. The van der Waals surface area contributed by atoms with E-state index in [1.165, 1.54) is 11.3 Å². The molecule has 0 saturated carbocycles. The van der Waals surface area contributed by atoms with Crippen LogP contribution in [0.4, 0.5) is 5.13 Å². The van der Waals surface area contributed by atoms with Crippen LogP contribution >= 0.6 is 11.3 Å². The summed E-state index contributed by atoms with van der Waals surface area (Å²) in [5.41, 5.74) is 2.51. The van der Waals surface area contributed by atoms with E-state index in [1.807, 2.05) is 31.3 Å². The van der Waals surface area contributed by atoms with Crippen LogP contribution in [0.5, 0.6) is 0 Å². The van der Waals surface area contributed by atoms with E-state index >= 15 is 0 Å². The highest BCUT2D eigenvalue weighted by molar-refractivity contribution is 7.21. The van der Waals surface area contributed by atoms with Crippen molar-refractivity contribution in [3.63, 3.8) is 0 Å². The normalized spacial score (nSPS) is 11.0. The Morgan fingerprint density at radius 3 is 2.53 bits per heavy atom. The highest BCUT2D eigenvalue weighted by Gasteiger charge is 2.06. The van der Waals surface area contributed by atoms with Gasteiger partial charge in [-0.1, -0.05) is 23.5 Å². The second kappa shape index (κ2) is 3.13. The van der Waals surface area contributed by atoms with Gasteiger partial charge < -0.3 is 5.32 Å². The summed E-state index contributed by atoms with van der Waals surface area (Å²) in [6.45, 7) is 0. The SMILES string of the molecule is CNc1nc2nc3ccccc3nc2s1. The summed E-state index contributed by atoms with van der Waals surface area (Å²) in [6, 6.07) is 7.82. The summed E-state index contributed by atoms with van der Waals surface area (Å²) in [4.78, 5) is 14.1. The van der Waals surface area contributed by atoms with Crippen molar-refractivity contribution in [2.24, 2.45) is 0 Å². The summed E-state index contributed by atoms with van der Waals surface area (Å²) in [5, 5.41) is 3.85. The molecule has 3 aromatic rings. The number of para-hydroxylation sites is 2. The lowest BCUT2D eigenvalue weighted by Crippen LogP contribution is -1.86. The minimum atomic E-state index is 0.711. The number of anilines is 1. The number of hydrogen-bond donors (Lipinski definition) is 1. The maximum Gasteiger partial charge on any atom is 0.192 e. The van der Waals surface area contributed by atoms with Gasteiger partial charge in [0.1, 0.15) is 0 Å². The van der Waals surface area contributed by atoms with Crippen LogP contribution in [0.15, 0.2) is 24.3 Å². The van der Waals surface area contributed by atoms with Gasteiger partial charge in [-0.15, -0.1) is 0 Å². The first-order chi connectivity index (χ1) is 7.36. The predicted octanol–water partition coefficient (Wildman–Crippen LogP) is 2.28. The van der Waals surface area contributed by atoms with Crippen LogP contribution in [0.1, 0.15) is 0 Å². The van der Waals surface area contributed by atoms with E-state index in [4.69, 9.17) is 0 Å². The van der Waals surface area contributed by atoms with Crippen LogP contribution in [0, 0.1) is 0 Å². The lowest BCUT2D eigenvalue weighted by molar-refractivity contribution is 1.32. The van der Waals surface area contributed by atoms with Gasteiger partial charge in [-0.05, 0) is 12.1 Å². The van der Waals surface area contributed by atoms with E-state index in [0.717, 1.165) is 21.0 Å². The van der Waals surface area contributed by atoms with Crippen molar-refractivity contribution in [1.29, 1.82) is 0 Å². The van der Waals surface area contributed by atoms with Crippen molar-refractivity contribution in [3.05, 3.63) is 24.3 Å². The Kier molecular flexibility index (Phi) is 1.78. The van der Waals surface area contributed by atoms with Crippen molar-refractivity contribution in [2.75, 3.05) is 12.4 Å². The van der Waals surface area contributed by atoms with Crippen molar-refractivity contribution in [2.45, 2.75) is 0 Å². The molecule has 0 bridgehead atoms. The standard InChI is InChI=1S/C10H8N4S/c1-11-10-14-8-9(15-10)13-7-5-3-2-4-6(7)12-8/h2-5H,1H3,(H,11,12,14). The van der Waals surface area contributed by atoms with Gasteiger partial charge >= 0.3 is 0 Å². The summed E-state index contributed by atoms with van der Waals surface area (Å²) in [7, 11) is 1.84. The monoisotopic (exact) mass is 216 g/mol. The van der Waals surface area contributed by atoms with Gasteiger partial charge in [-0.25, -0.2) is 9.97 Å². The molecule has 0 unspecified atom stereocenters. The Morgan fingerprint density at radius 2 is 1.80 bits per heavy atom. The fourth-order valence-corrected chi connectivity index (χ4v) is 2.18. The van der Waals surface area contributed by atoms with Gasteiger partial charge in [-0.3, -0.25) is 0 Å². The van der Waals surface area contributed by atoms with E-state index in [1.54, 1.807) is 0 Å². The quantitative estimate of drug-likeness (QED) is 0.678. The minimum absolute atomic E-state index is 0.711. The Bertz CT molecular complexity index is 579. The van der Waals surface area contributed by atoms with Gasteiger partial charge in [0.25, 0.3) is 0 Å². The molecule has 74 valence electrons. The second-order valence-corrected chi connectivity index (χ2v) is 4.09. The largest absolute Gasteiger partial charge is 0.364 e. The van der Waals surface area contributed by atoms with E-state index in [-0.39, 0.29) is 0 Å². The van der Waals surface area contributed by atoms with Crippen LogP contribution in [-0.4, -0.2) is 22.0 Å². The molecule has 0 spiro atoms. The molecule has 0 radical (unpaired) electrons. The average molecular weight is 216 g/mol. The summed E-state index contributed by atoms with van der Waals surface area (Å²) >= 11 is 1.52. The third-order valence-corrected chi connectivity index (χ3v) is 3.09. The zero-order valence-electron chi connectivity index (χ0n) is 8.06. The number of benzene rings is 1. The molecule has 4 nitrogen and oxygen atoms in total. The molecule has 0 amide bonds. The van der Waals surface area contributed by atoms with Crippen LogP contribution < -0.4 is 5.32 Å². The van der Waals surface area contributed by atoms with E-state index in [2.05, 4.69) is 20.3 Å². The lowest BCUT2D eigenvalue weighted by Gasteiger charge is -1.93. The molecule has 0 aliphatic rings.